The maximum atomic E-state index is 12.7. The summed E-state index contributed by atoms with van der Waals surface area (Å²) in [6.45, 7) is 0.881. The van der Waals surface area contributed by atoms with Gasteiger partial charge in [0, 0.05) is 67.1 Å². The summed E-state index contributed by atoms with van der Waals surface area (Å²) in [5.74, 6) is 0.663. The second kappa shape index (κ2) is 9.64. The van der Waals surface area contributed by atoms with Crippen LogP contribution in [0.4, 0.5) is 20.3 Å². The molecule has 7 nitrogen and oxygen atoms in total. The van der Waals surface area contributed by atoms with Crippen LogP contribution in [0.15, 0.2) is 55.2 Å². The Bertz CT molecular complexity index is 956. The maximum absolute atomic E-state index is 12.7. The quantitative estimate of drug-likeness (QED) is 0.495. The molecule has 2 heterocycles. The Hall–Kier alpha value is -3.04. The molecule has 0 saturated heterocycles. The first kappa shape index (κ1) is 21.7. The minimum absolute atomic E-state index is 0.00157. The first-order valence-electron chi connectivity index (χ1n) is 9.01. The Morgan fingerprint density at radius 3 is 2.50 bits per heavy atom. The highest BCUT2D eigenvalue weighted by molar-refractivity contribution is 6.20. The molecule has 0 aliphatic rings. The van der Waals surface area contributed by atoms with Gasteiger partial charge < -0.3 is 20.1 Å². The van der Waals surface area contributed by atoms with Gasteiger partial charge in [0.1, 0.15) is 17.9 Å². The molecule has 0 atom stereocenters. The summed E-state index contributed by atoms with van der Waals surface area (Å²) in [4.78, 5) is 14.5. The number of nitrogens with one attached hydrogen (secondary N) is 1. The van der Waals surface area contributed by atoms with Crippen molar-refractivity contribution in [2.45, 2.75) is 12.1 Å². The lowest BCUT2D eigenvalue weighted by Gasteiger charge is -2.21. The van der Waals surface area contributed by atoms with Gasteiger partial charge in [0.15, 0.2) is 0 Å². The summed E-state index contributed by atoms with van der Waals surface area (Å²) in [6.07, 6.45) is 6.58. The summed E-state index contributed by atoms with van der Waals surface area (Å²) in [7, 11) is 1.85. The number of likely N-dealkylation sites (N-methyl/N-ethyl adjacent to an activating group) is 1. The molecule has 3 aromatic rings. The fourth-order valence-electron chi connectivity index (χ4n) is 2.79. The second-order valence-corrected chi connectivity index (χ2v) is 6.85. The van der Waals surface area contributed by atoms with Crippen LogP contribution in [0.25, 0.3) is 11.1 Å². The highest BCUT2D eigenvalue weighted by Crippen LogP contribution is 2.29. The fourth-order valence-corrected chi connectivity index (χ4v) is 2.88. The van der Waals surface area contributed by atoms with Gasteiger partial charge >= 0.3 is 5.57 Å². The minimum Gasteiger partial charge on any atom is -0.420 e. The van der Waals surface area contributed by atoms with Crippen molar-refractivity contribution in [1.82, 2.24) is 15.0 Å². The van der Waals surface area contributed by atoms with Crippen molar-refractivity contribution < 1.29 is 18.6 Å². The van der Waals surface area contributed by atoms with Crippen LogP contribution < -0.4 is 15.0 Å². The molecule has 0 saturated carbocycles. The molecule has 10 heteroatoms. The van der Waals surface area contributed by atoms with Gasteiger partial charge in [0.2, 0.25) is 0 Å². The molecule has 0 aliphatic carbocycles. The molecule has 30 heavy (non-hydrogen) atoms. The number of benzene rings is 1. The number of halogens is 3. The third-order valence-electron chi connectivity index (χ3n) is 4.18. The first-order valence-corrected chi connectivity index (χ1v) is 9.39. The molecule has 0 unspecified atom stereocenters. The number of ether oxygens (including phenoxy) is 1. The molecule has 2 aromatic heterocycles. The molecule has 0 amide bonds. The molecule has 158 valence electrons. The number of hydrogen-bond acceptors (Lipinski definition) is 7. The van der Waals surface area contributed by atoms with Crippen molar-refractivity contribution in [3.8, 4) is 16.9 Å². The Labute approximate surface area is 177 Å². The Morgan fingerprint density at radius 2 is 1.87 bits per heavy atom. The molecule has 0 bridgehead atoms. The third-order valence-corrected chi connectivity index (χ3v) is 4.25. The van der Waals surface area contributed by atoms with E-state index in [1.165, 1.54) is 18.5 Å². The summed E-state index contributed by atoms with van der Waals surface area (Å²) in [5.41, 5.74) is -0.508. The van der Waals surface area contributed by atoms with Crippen molar-refractivity contribution in [2.75, 3.05) is 30.4 Å². The van der Waals surface area contributed by atoms with Crippen molar-refractivity contribution in [3.63, 3.8) is 0 Å². The van der Waals surface area contributed by atoms with Crippen molar-refractivity contribution in [1.29, 1.82) is 0 Å². The highest BCUT2D eigenvalue weighted by atomic mass is 35.5. The smallest absolute Gasteiger partial charge is 0.420 e. The Kier molecular flexibility index (Phi) is 6.96. The summed E-state index contributed by atoms with van der Waals surface area (Å²) in [5, 5.41) is 12.4. The van der Waals surface area contributed by atoms with E-state index in [4.69, 9.17) is 11.6 Å². The molecule has 2 N–H and O–H groups in total. The number of aliphatic hydroxyl groups excluding tert-OH is 1. The molecule has 0 aliphatic heterocycles. The van der Waals surface area contributed by atoms with Gasteiger partial charge in [0.25, 0.3) is 0 Å². The second-order valence-electron chi connectivity index (χ2n) is 6.41. The van der Waals surface area contributed by atoms with Crippen LogP contribution >= 0.6 is 11.6 Å². The predicted octanol–water partition coefficient (Wildman–Crippen LogP) is 3.75. The monoisotopic (exact) mass is 435 g/mol. The molecule has 3 rings (SSSR count). The lowest BCUT2D eigenvalue weighted by atomic mass is 10.1. The largest absolute Gasteiger partial charge is 0.487 e. The maximum Gasteiger partial charge on any atom is 0.487 e. The topological polar surface area (TPSA) is 83.4 Å². The zero-order valence-electron chi connectivity index (χ0n) is 16.1. The van der Waals surface area contributed by atoms with Gasteiger partial charge in [-0.15, -0.1) is 8.78 Å². The number of hydrogen-bond donors (Lipinski definition) is 2. The van der Waals surface area contributed by atoms with Crippen LogP contribution in [0, 0.1) is 0 Å². The molecule has 0 fully saturated rings. The molecule has 0 radical (unpaired) electrons. The lowest BCUT2D eigenvalue weighted by molar-refractivity contribution is -0.0964. The van der Waals surface area contributed by atoms with Crippen LogP contribution in [0.2, 0.25) is 0 Å². The number of rotatable bonds is 9. The summed E-state index contributed by atoms with van der Waals surface area (Å²) >= 11 is 4.76. The average Bonchev–Trinajstić information content (AvgIpc) is 2.73. The molecular formula is C20H20ClF2N5O2. The van der Waals surface area contributed by atoms with Crippen LogP contribution in [0.3, 0.4) is 0 Å². The zero-order chi connectivity index (χ0) is 21.6. The molecule has 1 aromatic carbocycles. The van der Waals surface area contributed by atoms with Crippen molar-refractivity contribution in [3.05, 3.63) is 60.8 Å². The van der Waals surface area contributed by atoms with Gasteiger partial charge in [-0.05, 0) is 35.9 Å². The van der Waals surface area contributed by atoms with E-state index < -0.39 is 5.57 Å². The normalized spacial score (nSPS) is 11.2. The summed E-state index contributed by atoms with van der Waals surface area (Å²) < 4.78 is 29.7. The SMILES string of the molecule is CN(CCO)c1ncc(CNc2ccc(OC(F)(F)Cl)cc2)cc1-c1cncnc1. The Morgan fingerprint density at radius 1 is 1.17 bits per heavy atom. The van der Waals surface area contributed by atoms with E-state index in [0.717, 1.165) is 16.7 Å². The standard InChI is InChI=1S/C20H20ClF2N5O2/c1-28(6-7-29)19-18(15-11-24-13-25-12-15)8-14(10-27-19)9-26-16-2-4-17(5-3-16)30-20(21,22)23/h2-5,8,10-13,26,29H,6-7,9H2,1H3. The van der Waals surface area contributed by atoms with Crippen LogP contribution in [-0.4, -0.2) is 45.8 Å². The molecule has 0 spiro atoms. The van der Waals surface area contributed by atoms with E-state index in [1.54, 1.807) is 30.7 Å². The molecular weight excluding hydrogens is 416 g/mol. The van der Waals surface area contributed by atoms with Crippen molar-refractivity contribution in [2.24, 2.45) is 0 Å². The van der Waals surface area contributed by atoms with E-state index in [-0.39, 0.29) is 12.4 Å². The van der Waals surface area contributed by atoms with Gasteiger partial charge in [-0.1, -0.05) is 0 Å². The van der Waals surface area contributed by atoms with E-state index in [0.29, 0.717) is 24.6 Å². The zero-order valence-corrected chi connectivity index (χ0v) is 16.9. The number of anilines is 2. The van der Waals surface area contributed by atoms with E-state index >= 15 is 0 Å². The van der Waals surface area contributed by atoms with Gasteiger partial charge in [-0.2, -0.15) is 0 Å². The van der Waals surface area contributed by atoms with Gasteiger partial charge in [0.05, 0.1) is 6.61 Å². The van der Waals surface area contributed by atoms with E-state index in [9.17, 15) is 13.9 Å². The highest BCUT2D eigenvalue weighted by Gasteiger charge is 2.27. The van der Waals surface area contributed by atoms with Crippen LogP contribution in [0.1, 0.15) is 5.56 Å². The van der Waals surface area contributed by atoms with E-state index in [2.05, 4.69) is 25.0 Å². The van der Waals surface area contributed by atoms with Crippen LogP contribution in [-0.2, 0) is 6.54 Å². The van der Waals surface area contributed by atoms with E-state index in [1.807, 2.05) is 18.0 Å². The number of nitrogens with zero attached hydrogens (tertiary/aromatic N) is 4. The Balaban J connectivity index is 1.76. The van der Waals surface area contributed by atoms with Crippen LogP contribution in [0.5, 0.6) is 5.75 Å². The van der Waals surface area contributed by atoms with Crippen molar-refractivity contribution >= 4 is 23.1 Å². The third kappa shape index (κ3) is 5.98. The number of aliphatic hydroxyl groups is 1. The lowest BCUT2D eigenvalue weighted by Crippen LogP contribution is -2.23. The first-order chi connectivity index (χ1) is 14.4. The fraction of sp³-hybridized carbons (Fsp3) is 0.250. The average molecular weight is 436 g/mol. The predicted molar refractivity (Wildman–Crippen MR) is 111 cm³/mol. The number of aromatic nitrogens is 3. The minimum atomic E-state index is -3.75. The van der Waals surface area contributed by atoms with Gasteiger partial charge in [-0.25, -0.2) is 15.0 Å². The number of pyridine rings is 1. The number of alkyl halides is 3. The summed E-state index contributed by atoms with van der Waals surface area (Å²) in [6, 6.07) is 7.99. The van der Waals surface area contributed by atoms with Gasteiger partial charge in [-0.3, -0.25) is 0 Å².